The molecule has 1 aliphatic rings. The molecule has 1 fully saturated rings. The third-order valence-electron chi connectivity index (χ3n) is 4.13. The minimum Gasteiger partial charge on any atom is -0.497 e. The van der Waals surface area contributed by atoms with Gasteiger partial charge in [-0.25, -0.2) is 9.79 Å². The fraction of sp³-hybridized carbons (Fsp3) is 0.238. The first-order valence-corrected chi connectivity index (χ1v) is 10.1. The number of anilines is 1. The minimum atomic E-state index is -0.569. The van der Waals surface area contributed by atoms with Crippen molar-refractivity contribution in [3.8, 4) is 5.75 Å². The van der Waals surface area contributed by atoms with Crippen LogP contribution in [-0.2, 0) is 14.3 Å². The first-order valence-electron chi connectivity index (χ1n) is 9.25. The maximum atomic E-state index is 12.3. The second kappa shape index (κ2) is 9.93. The Morgan fingerprint density at radius 2 is 1.83 bits per heavy atom. The monoisotopic (exact) mass is 427 g/mol. The normalized spacial score (nSPS) is 16.8. The van der Waals surface area contributed by atoms with Crippen LogP contribution in [0, 0.1) is 0 Å². The van der Waals surface area contributed by atoms with E-state index < -0.39 is 11.2 Å². The number of aliphatic imine (C=N–C) groups is 1. The Morgan fingerprint density at radius 3 is 2.47 bits per heavy atom. The molecular weight excluding hydrogens is 406 g/mol. The third-order valence-corrected chi connectivity index (χ3v) is 5.21. The molecule has 156 valence electrons. The number of carbonyl (C=O) groups is 3. The molecule has 9 heteroatoms. The summed E-state index contributed by atoms with van der Waals surface area (Å²) in [4.78, 5) is 40.5. The number of ether oxygens (including phenoxy) is 2. The van der Waals surface area contributed by atoms with Crippen molar-refractivity contribution < 1.29 is 23.9 Å². The maximum Gasteiger partial charge on any atom is 0.338 e. The molecule has 1 heterocycles. The molecule has 0 aromatic heterocycles. The lowest BCUT2D eigenvalue weighted by Gasteiger charge is -2.08. The fourth-order valence-electron chi connectivity index (χ4n) is 2.65. The standard InChI is InChI=1S/C21H21N3O5S/c1-3-29-20(27)13-4-6-14(7-5-13)22-18(25)12-17-19(26)24-21(30-17)23-15-8-10-16(28-2)11-9-15/h4-11,17H,3,12H2,1-2H3,(H,22,25)(H,23,24,26)/t17-/m1/s1. The zero-order chi connectivity index (χ0) is 21.5. The van der Waals surface area contributed by atoms with Crippen molar-refractivity contribution in [1.82, 2.24) is 5.32 Å². The number of benzene rings is 2. The van der Waals surface area contributed by atoms with Crippen LogP contribution in [0.4, 0.5) is 11.4 Å². The summed E-state index contributed by atoms with van der Waals surface area (Å²) in [6, 6.07) is 13.5. The number of hydrogen-bond acceptors (Lipinski definition) is 7. The number of amides is 2. The van der Waals surface area contributed by atoms with Crippen LogP contribution >= 0.6 is 11.8 Å². The Kier molecular flexibility index (Phi) is 7.08. The van der Waals surface area contributed by atoms with Crippen LogP contribution < -0.4 is 15.4 Å². The van der Waals surface area contributed by atoms with Gasteiger partial charge in [0.25, 0.3) is 0 Å². The lowest BCUT2D eigenvalue weighted by Crippen LogP contribution is -2.28. The molecule has 1 aliphatic heterocycles. The Morgan fingerprint density at radius 1 is 1.13 bits per heavy atom. The van der Waals surface area contributed by atoms with Gasteiger partial charge in [-0.1, -0.05) is 11.8 Å². The van der Waals surface area contributed by atoms with Crippen LogP contribution in [0.5, 0.6) is 5.75 Å². The van der Waals surface area contributed by atoms with Crippen LogP contribution in [0.3, 0.4) is 0 Å². The predicted molar refractivity (Wildman–Crippen MR) is 115 cm³/mol. The number of thioether (sulfide) groups is 1. The zero-order valence-corrected chi connectivity index (χ0v) is 17.3. The van der Waals surface area contributed by atoms with E-state index in [0.717, 1.165) is 0 Å². The van der Waals surface area contributed by atoms with Crippen LogP contribution in [0.1, 0.15) is 23.7 Å². The van der Waals surface area contributed by atoms with E-state index in [-0.39, 0.29) is 18.2 Å². The van der Waals surface area contributed by atoms with Gasteiger partial charge < -0.3 is 20.1 Å². The number of carbonyl (C=O) groups excluding carboxylic acids is 3. The Balaban J connectivity index is 1.55. The maximum absolute atomic E-state index is 12.3. The van der Waals surface area contributed by atoms with Crippen LogP contribution in [0.25, 0.3) is 0 Å². The summed E-state index contributed by atoms with van der Waals surface area (Å²) in [5, 5.41) is 5.30. The molecule has 1 saturated heterocycles. The van der Waals surface area contributed by atoms with Gasteiger partial charge in [-0.15, -0.1) is 0 Å². The van der Waals surface area contributed by atoms with Gasteiger partial charge in [0.1, 0.15) is 11.0 Å². The summed E-state index contributed by atoms with van der Waals surface area (Å²) in [5.41, 5.74) is 1.61. The number of hydrogen-bond donors (Lipinski definition) is 2. The van der Waals surface area contributed by atoms with E-state index in [0.29, 0.717) is 34.5 Å². The van der Waals surface area contributed by atoms with Crippen LogP contribution in [0.2, 0.25) is 0 Å². The summed E-state index contributed by atoms with van der Waals surface area (Å²) in [5.74, 6) is -0.276. The van der Waals surface area contributed by atoms with Crippen molar-refractivity contribution >= 4 is 46.1 Å². The summed E-state index contributed by atoms with van der Waals surface area (Å²) >= 11 is 1.21. The molecule has 2 aromatic rings. The molecule has 3 rings (SSSR count). The molecule has 30 heavy (non-hydrogen) atoms. The SMILES string of the molecule is CCOC(=O)c1ccc(NC(=O)C[C@H]2SC(=Nc3ccc(OC)cc3)NC2=O)cc1. The molecule has 2 amide bonds. The first-order chi connectivity index (χ1) is 14.5. The van der Waals surface area contributed by atoms with E-state index >= 15 is 0 Å². The molecule has 0 unspecified atom stereocenters. The highest BCUT2D eigenvalue weighted by atomic mass is 32.2. The van der Waals surface area contributed by atoms with Crippen molar-refractivity contribution in [2.24, 2.45) is 4.99 Å². The van der Waals surface area contributed by atoms with Gasteiger partial charge in [-0.3, -0.25) is 9.59 Å². The van der Waals surface area contributed by atoms with Crippen LogP contribution in [0.15, 0.2) is 53.5 Å². The molecular formula is C21H21N3O5S. The first kappa shape index (κ1) is 21.4. The molecule has 0 bridgehead atoms. The molecule has 0 saturated carbocycles. The molecule has 8 nitrogen and oxygen atoms in total. The lowest BCUT2D eigenvalue weighted by molar-refractivity contribution is -0.122. The fourth-order valence-corrected chi connectivity index (χ4v) is 3.64. The van der Waals surface area contributed by atoms with E-state index in [1.54, 1.807) is 62.6 Å². The number of nitrogens with zero attached hydrogens (tertiary/aromatic N) is 1. The van der Waals surface area contributed by atoms with E-state index in [2.05, 4.69) is 15.6 Å². The number of amidine groups is 1. The zero-order valence-electron chi connectivity index (χ0n) is 16.5. The topological polar surface area (TPSA) is 106 Å². The van der Waals surface area contributed by atoms with Gasteiger partial charge in [0.05, 0.1) is 25.0 Å². The van der Waals surface area contributed by atoms with Gasteiger partial charge >= 0.3 is 5.97 Å². The average molecular weight is 427 g/mol. The molecule has 0 radical (unpaired) electrons. The van der Waals surface area contributed by atoms with E-state index in [4.69, 9.17) is 9.47 Å². The summed E-state index contributed by atoms with van der Waals surface area (Å²) in [6.45, 7) is 2.03. The van der Waals surface area contributed by atoms with Crippen molar-refractivity contribution in [1.29, 1.82) is 0 Å². The van der Waals surface area contributed by atoms with Crippen molar-refractivity contribution in [3.05, 3.63) is 54.1 Å². The lowest BCUT2D eigenvalue weighted by atomic mass is 10.2. The Hall–Kier alpha value is -3.33. The van der Waals surface area contributed by atoms with E-state index in [9.17, 15) is 14.4 Å². The Labute approximate surface area is 178 Å². The van der Waals surface area contributed by atoms with Crippen LogP contribution in [-0.4, -0.2) is 41.9 Å². The smallest absolute Gasteiger partial charge is 0.338 e. The van der Waals surface area contributed by atoms with E-state index in [1.807, 2.05) is 0 Å². The van der Waals surface area contributed by atoms with Crippen molar-refractivity contribution in [2.75, 3.05) is 19.0 Å². The highest BCUT2D eigenvalue weighted by molar-refractivity contribution is 8.15. The molecule has 1 atom stereocenters. The van der Waals surface area contributed by atoms with Gasteiger partial charge in [0, 0.05) is 12.1 Å². The van der Waals surface area contributed by atoms with Gasteiger partial charge in [-0.2, -0.15) is 0 Å². The number of esters is 1. The van der Waals surface area contributed by atoms with E-state index in [1.165, 1.54) is 11.8 Å². The molecule has 2 aromatic carbocycles. The summed E-state index contributed by atoms with van der Waals surface area (Å²) in [6.07, 6.45) is -0.00222. The Bertz CT molecular complexity index is 958. The third kappa shape index (κ3) is 5.60. The van der Waals surface area contributed by atoms with Gasteiger partial charge in [0.2, 0.25) is 11.8 Å². The highest BCUT2D eigenvalue weighted by Gasteiger charge is 2.32. The van der Waals surface area contributed by atoms with Gasteiger partial charge in [-0.05, 0) is 55.5 Å². The highest BCUT2D eigenvalue weighted by Crippen LogP contribution is 2.26. The minimum absolute atomic E-state index is 0.00222. The predicted octanol–water partition coefficient (Wildman–Crippen LogP) is 3.12. The quantitative estimate of drug-likeness (QED) is 0.658. The summed E-state index contributed by atoms with van der Waals surface area (Å²) < 4.78 is 10.0. The largest absolute Gasteiger partial charge is 0.497 e. The molecule has 0 spiro atoms. The number of rotatable bonds is 7. The van der Waals surface area contributed by atoms with Gasteiger partial charge in [0.15, 0.2) is 5.17 Å². The molecule has 2 N–H and O–H groups in total. The average Bonchev–Trinajstić information content (AvgIpc) is 3.07. The second-order valence-corrected chi connectivity index (χ2v) is 7.45. The number of nitrogens with one attached hydrogen (secondary N) is 2. The van der Waals surface area contributed by atoms with Crippen molar-refractivity contribution in [2.45, 2.75) is 18.6 Å². The summed E-state index contributed by atoms with van der Waals surface area (Å²) in [7, 11) is 1.58. The second-order valence-electron chi connectivity index (χ2n) is 6.26. The molecule has 0 aliphatic carbocycles. The van der Waals surface area contributed by atoms with Crippen molar-refractivity contribution in [3.63, 3.8) is 0 Å². The number of methoxy groups -OCH3 is 1.